The fraction of sp³-hybridized carbons (Fsp3) is 0. The van der Waals surface area contributed by atoms with Crippen molar-refractivity contribution in [2.24, 2.45) is 0 Å². The molecule has 0 radical (unpaired) electrons. The van der Waals surface area contributed by atoms with Gasteiger partial charge in [0.2, 0.25) is 5.95 Å². The molecular weight excluding hydrogens is 600 g/mol. The zero-order chi connectivity index (χ0) is 31.9. The number of hydrogen-bond donors (Lipinski definition) is 0. The maximum absolute atomic E-state index is 14.0. The molecule has 48 heavy (non-hydrogen) atoms. The zero-order valence-corrected chi connectivity index (χ0v) is 25.3. The lowest BCUT2D eigenvalue weighted by molar-refractivity contribution is 0.627. The molecule has 0 N–H and O–H groups in total. The number of rotatable bonds is 3. The second kappa shape index (κ2) is 10.0. The minimum absolute atomic E-state index is 0.327. The Bertz CT molecular complexity index is 2840. The minimum Gasteiger partial charge on any atom is -0.292 e. The molecule has 10 rings (SSSR count). The van der Waals surface area contributed by atoms with Gasteiger partial charge in [0.05, 0.1) is 39.0 Å². The Labute approximate surface area is 272 Å². The van der Waals surface area contributed by atoms with Crippen molar-refractivity contribution in [3.05, 3.63) is 151 Å². The van der Waals surface area contributed by atoms with Gasteiger partial charge < -0.3 is 0 Å². The maximum atomic E-state index is 14.0. The molecule has 0 saturated carbocycles. The molecule has 0 fully saturated rings. The van der Waals surface area contributed by atoms with Crippen LogP contribution in [-0.2, 0) is 0 Å². The van der Waals surface area contributed by atoms with E-state index in [-0.39, 0.29) is 11.6 Å². The van der Waals surface area contributed by atoms with Gasteiger partial charge in [-0.3, -0.25) is 8.97 Å². The smallest absolute Gasteiger partial charge is 0.235 e. The molecule has 0 spiro atoms. The van der Waals surface area contributed by atoms with Crippen molar-refractivity contribution in [3.63, 3.8) is 0 Å². The number of benzene rings is 6. The molecule has 0 unspecified atom stereocenters. The van der Waals surface area contributed by atoms with Gasteiger partial charge in [-0.15, -0.1) is 0 Å². The number of pyridine rings is 1. The van der Waals surface area contributed by atoms with Gasteiger partial charge in [-0.25, -0.2) is 23.7 Å². The molecular formula is C41H23F2N5. The van der Waals surface area contributed by atoms with Gasteiger partial charge in [0, 0.05) is 32.7 Å². The second-order valence-electron chi connectivity index (χ2n) is 12.0. The maximum Gasteiger partial charge on any atom is 0.235 e. The van der Waals surface area contributed by atoms with Crippen molar-refractivity contribution in [3.8, 4) is 28.5 Å². The van der Waals surface area contributed by atoms with Gasteiger partial charge in [0.15, 0.2) is 0 Å². The molecule has 10 aromatic rings. The van der Waals surface area contributed by atoms with Crippen LogP contribution in [-0.4, -0.2) is 23.9 Å². The predicted molar refractivity (Wildman–Crippen MR) is 188 cm³/mol. The molecule has 0 aliphatic rings. The molecule has 6 aromatic carbocycles. The van der Waals surface area contributed by atoms with Gasteiger partial charge in [0.1, 0.15) is 17.3 Å². The third-order valence-corrected chi connectivity index (χ3v) is 9.24. The highest BCUT2D eigenvalue weighted by Gasteiger charge is 2.20. The Hall–Kier alpha value is -6.47. The number of para-hydroxylation sites is 3. The predicted octanol–water partition coefficient (Wildman–Crippen LogP) is 10.3. The monoisotopic (exact) mass is 623 g/mol. The Kier molecular flexibility index (Phi) is 5.57. The fourth-order valence-electron chi connectivity index (χ4n) is 7.06. The highest BCUT2D eigenvalue weighted by molar-refractivity contribution is 6.20. The van der Waals surface area contributed by atoms with E-state index in [0.29, 0.717) is 17.3 Å². The SMILES string of the molecule is Fc1ccc(-c2cc(-c3ccc(F)cc3)nc(-n3c4ccccc4c4cc5c6ccccc6c6nc7ccccc7n6c5cc43)n2)cc1. The summed E-state index contributed by atoms with van der Waals surface area (Å²) in [6.07, 6.45) is 0. The minimum atomic E-state index is -0.327. The van der Waals surface area contributed by atoms with Crippen LogP contribution in [0.2, 0.25) is 0 Å². The summed E-state index contributed by atoms with van der Waals surface area (Å²) in [6, 6.07) is 43.8. The average molecular weight is 624 g/mol. The standard InChI is InChI=1S/C41H23F2N5/c42-26-17-13-24(14-18-26)34-22-35(25-15-19-27(43)20-16-25)46-41(45-34)48-36-11-5-3-8-29(36)32-21-31-28-7-1-2-9-30(28)40-44-33-10-4-6-12-37(33)47(40)38(31)23-39(32)48/h1-23H. The number of fused-ring (bicyclic) bond motifs is 11. The van der Waals surface area contributed by atoms with Gasteiger partial charge in [-0.1, -0.05) is 54.6 Å². The first-order valence-corrected chi connectivity index (χ1v) is 15.7. The molecule has 4 aromatic heterocycles. The van der Waals surface area contributed by atoms with E-state index in [1.807, 2.05) is 36.4 Å². The van der Waals surface area contributed by atoms with Crippen molar-refractivity contribution < 1.29 is 8.78 Å². The molecule has 7 heteroatoms. The van der Waals surface area contributed by atoms with Crippen molar-refractivity contribution >= 4 is 60.2 Å². The number of hydrogen-bond acceptors (Lipinski definition) is 3. The lowest BCUT2D eigenvalue weighted by atomic mass is 10.0. The summed E-state index contributed by atoms with van der Waals surface area (Å²) in [5, 5.41) is 5.45. The summed E-state index contributed by atoms with van der Waals surface area (Å²) >= 11 is 0. The van der Waals surface area contributed by atoms with Crippen molar-refractivity contribution in [2.75, 3.05) is 0 Å². The molecule has 0 aliphatic heterocycles. The van der Waals surface area contributed by atoms with E-state index in [4.69, 9.17) is 15.0 Å². The zero-order valence-electron chi connectivity index (χ0n) is 25.3. The molecule has 0 saturated heterocycles. The molecule has 0 amide bonds. The van der Waals surface area contributed by atoms with Crippen LogP contribution in [0.1, 0.15) is 0 Å². The summed E-state index contributed by atoms with van der Waals surface area (Å²) in [4.78, 5) is 15.3. The normalized spacial score (nSPS) is 12.0. The van der Waals surface area contributed by atoms with E-state index in [2.05, 4.69) is 63.6 Å². The van der Waals surface area contributed by atoms with E-state index in [1.54, 1.807) is 24.3 Å². The van der Waals surface area contributed by atoms with E-state index in [0.717, 1.165) is 71.3 Å². The highest BCUT2D eigenvalue weighted by Crippen LogP contribution is 2.39. The molecule has 0 bridgehead atoms. The molecule has 0 atom stereocenters. The van der Waals surface area contributed by atoms with Crippen LogP contribution in [0.5, 0.6) is 0 Å². The lowest BCUT2D eigenvalue weighted by Gasteiger charge is -2.13. The van der Waals surface area contributed by atoms with Crippen molar-refractivity contribution in [1.29, 1.82) is 0 Å². The summed E-state index contributed by atoms with van der Waals surface area (Å²) in [7, 11) is 0. The third kappa shape index (κ3) is 3.91. The third-order valence-electron chi connectivity index (χ3n) is 9.24. The number of imidazole rings is 1. The van der Waals surface area contributed by atoms with Crippen LogP contribution in [0.25, 0.3) is 88.6 Å². The van der Waals surface area contributed by atoms with E-state index in [9.17, 15) is 8.78 Å². The molecule has 4 heterocycles. The summed E-state index contributed by atoms with van der Waals surface area (Å²) in [5.74, 6) is -0.201. The van der Waals surface area contributed by atoms with Crippen LogP contribution in [0, 0.1) is 11.6 Å². The van der Waals surface area contributed by atoms with Crippen molar-refractivity contribution in [2.45, 2.75) is 0 Å². The number of halogens is 2. The first-order chi connectivity index (χ1) is 23.6. The number of aromatic nitrogens is 5. The lowest BCUT2D eigenvalue weighted by Crippen LogP contribution is -2.04. The van der Waals surface area contributed by atoms with Crippen LogP contribution in [0.3, 0.4) is 0 Å². The summed E-state index contributed by atoms with van der Waals surface area (Å²) in [5.41, 5.74) is 8.48. The van der Waals surface area contributed by atoms with Gasteiger partial charge in [-0.05, 0) is 90.3 Å². The van der Waals surface area contributed by atoms with Crippen LogP contribution < -0.4 is 0 Å². The van der Waals surface area contributed by atoms with Crippen molar-refractivity contribution in [1.82, 2.24) is 23.9 Å². The Morgan fingerprint density at radius 2 is 0.979 bits per heavy atom. The van der Waals surface area contributed by atoms with Crippen LogP contribution >= 0.6 is 0 Å². The summed E-state index contributed by atoms with van der Waals surface area (Å²) < 4.78 is 32.3. The molecule has 226 valence electrons. The number of nitrogens with zero attached hydrogens (tertiary/aromatic N) is 5. The first-order valence-electron chi connectivity index (χ1n) is 15.7. The Morgan fingerprint density at radius 1 is 0.417 bits per heavy atom. The first kappa shape index (κ1) is 26.7. The van der Waals surface area contributed by atoms with Crippen LogP contribution in [0.4, 0.5) is 8.78 Å². The van der Waals surface area contributed by atoms with Gasteiger partial charge in [-0.2, -0.15) is 0 Å². The fourth-order valence-corrected chi connectivity index (χ4v) is 7.06. The molecule has 0 aliphatic carbocycles. The highest BCUT2D eigenvalue weighted by atomic mass is 19.1. The Balaban J connectivity index is 1.35. The second-order valence-corrected chi connectivity index (χ2v) is 12.0. The average Bonchev–Trinajstić information content (AvgIpc) is 3.68. The van der Waals surface area contributed by atoms with Crippen LogP contribution in [0.15, 0.2) is 140 Å². The largest absolute Gasteiger partial charge is 0.292 e. The van der Waals surface area contributed by atoms with E-state index < -0.39 is 0 Å². The quantitative estimate of drug-likeness (QED) is 0.184. The summed E-state index contributed by atoms with van der Waals surface area (Å²) in [6.45, 7) is 0. The Morgan fingerprint density at radius 3 is 1.67 bits per heavy atom. The van der Waals surface area contributed by atoms with E-state index in [1.165, 1.54) is 24.3 Å². The van der Waals surface area contributed by atoms with Gasteiger partial charge >= 0.3 is 0 Å². The topological polar surface area (TPSA) is 48.0 Å². The van der Waals surface area contributed by atoms with Gasteiger partial charge in [0.25, 0.3) is 0 Å². The van der Waals surface area contributed by atoms with E-state index >= 15 is 0 Å². The molecule has 5 nitrogen and oxygen atoms in total.